The Morgan fingerprint density at radius 1 is 0.771 bits per heavy atom. The molecular formula is C25H28Cl2N6O2. The number of aromatic nitrogens is 2. The van der Waals surface area contributed by atoms with Crippen molar-refractivity contribution in [3.8, 4) is 0 Å². The number of primary amides is 1. The van der Waals surface area contributed by atoms with Gasteiger partial charge in [0, 0.05) is 47.6 Å². The van der Waals surface area contributed by atoms with Gasteiger partial charge in [-0.05, 0) is 61.4 Å². The fourth-order valence-electron chi connectivity index (χ4n) is 4.39. The third-order valence-electron chi connectivity index (χ3n) is 5.90. The average Bonchev–Trinajstić information content (AvgIpc) is 2.74. The second-order valence-electron chi connectivity index (χ2n) is 8.48. The van der Waals surface area contributed by atoms with E-state index in [0.717, 1.165) is 11.4 Å². The van der Waals surface area contributed by atoms with Crippen LogP contribution in [0.15, 0.2) is 48.5 Å². The van der Waals surface area contributed by atoms with E-state index in [1.165, 1.54) is 4.90 Å². The fraction of sp³-hybridized carbons (Fsp3) is 0.200. The van der Waals surface area contributed by atoms with Crippen molar-refractivity contribution in [3.05, 3.63) is 71.0 Å². The SMILES string of the molecule is Cc1cc(N)c2cc(C(C(N)=O)(C(=O)N(C)C)c3ccc4nc(C)cc(N)c4c3)ccc2n1.Cl.Cl. The van der Waals surface area contributed by atoms with E-state index in [2.05, 4.69) is 9.97 Å². The summed E-state index contributed by atoms with van der Waals surface area (Å²) in [7, 11) is 3.17. The molecule has 2 heterocycles. The Bertz CT molecular complexity index is 1360. The summed E-state index contributed by atoms with van der Waals surface area (Å²) in [6.07, 6.45) is 0. The number of halogens is 2. The largest absolute Gasteiger partial charge is 0.398 e. The molecule has 35 heavy (non-hydrogen) atoms. The number of likely N-dealkylation sites (N-methyl/N-ethyl adjacent to an activating group) is 1. The van der Waals surface area contributed by atoms with Gasteiger partial charge < -0.3 is 22.1 Å². The van der Waals surface area contributed by atoms with Crippen LogP contribution in [0.1, 0.15) is 22.5 Å². The molecule has 2 aromatic carbocycles. The maximum Gasteiger partial charge on any atom is 0.246 e. The van der Waals surface area contributed by atoms with E-state index >= 15 is 0 Å². The number of aryl methyl sites for hydroxylation is 2. The van der Waals surface area contributed by atoms with Gasteiger partial charge in [-0.2, -0.15) is 0 Å². The second kappa shape index (κ2) is 9.93. The van der Waals surface area contributed by atoms with Gasteiger partial charge in [-0.1, -0.05) is 12.1 Å². The van der Waals surface area contributed by atoms with Crippen molar-refractivity contribution in [3.63, 3.8) is 0 Å². The van der Waals surface area contributed by atoms with Gasteiger partial charge in [-0.3, -0.25) is 19.6 Å². The zero-order valence-corrected chi connectivity index (χ0v) is 21.5. The van der Waals surface area contributed by atoms with Crippen LogP contribution >= 0.6 is 24.8 Å². The molecule has 0 saturated heterocycles. The molecule has 4 aromatic rings. The van der Waals surface area contributed by atoms with Gasteiger partial charge in [-0.15, -0.1) is 24.8 Å². The molecule has 0 fully saturated rings. The molecule has 0 aliphatic rings. The number of hydrogen-bond donors (Lipinski definition) is 3. The molecule has 6 N–H and O–H groups in total. The summed E-state index contributed by atoms with van der Waals surface area (Å²) in [5.74, 6) is -1.29. The summed E-state index contributed by atoms with van der Waals surface area (Å²) in [6.45, 7) is 3.70. The summed E-state index contributed by atoms with van der Waals surface area (Å²) in [5, 5.41) is 1.26. The van der Waals surface area contributed by atoms with E-state index < -0.39 is 17.2 Å². The monoisotopic (exact) mass is 514 g/mol. The molecule has 0 aliphatic carbocycles. The van der Waals surface area contributed by atoms with Crippen LogP contribution in [0.3, 0.4) is 0 Å². The predicted octanol–water partition coefficient (Wildman–Crippen LogP) is 3.27. The summed E-state index contributed by atoms with van der Waals surface area (Å²) in [4.78, 5) is 37.2. The topological polar surface area (TPSA) is 141 Å². The molecule has 0 atom stereocenters. The third-order valence-corrected chi connectivity index (χ3v) is 5.90. The van der Waals surface area contributed by atoms with Crippen molar-refractivity contribution in [1.29, 1.82) is 0 Å². The highest BCUT2D eigenvalue weighted by Gasteiger charge is 2.49. The van der Waals surface area contributed by atoms with E-state index in [9.17, 15) is 9.59 Å². The zero-order chi connectivity index (χ0) is 24.1. The average molecular weight is 515 g/mol. The summed E-state index contributed by atoms with van der Waals surface area (Å²) < 4.78 is 0. The van der Waals surface area contributed by atoms with Crippen LogP contribution in [0, 0.1) is 13.8 Å². The molecule has 0 spiro atoms. The normalized spacial score (nSPS) is 11.0. The first kappa shape index (κ1) is 27.6. The molecule has 8 nitrogen and oxygen atoms in total. The highest BCUT2D eigenvalue weighted by atomic mass is 35.5. The Hall–Kier alpha value is -3.62. The standard InChI is InChI=1S/C25H26N6O2.2ClH/c1-13-9-19(26)17-11-15(5-7-21(17)29-13)25(23(28)32,24(33)31(3)4)16-6-8-22-18(12-16)20(27)10-14(2)30-22;;/h5-12H,1-4H3,(H2,26,29)(H2,27,30)(H2,28,32);2*1H. The summed E-state index contributed by atoms with van der Waals surface area (Å²) in [6, 6.07) is 13.8. The molecule has 0 radical (unpaired) electrons. The minimum atomic E-state index is -1.81. The predicted molar refractivity (Wildman–Crippen MR) is 145 cm³/mol. The number of carbonyl (C=O) groups is 2. The van der Waals surface area contributed by atoms with Gasteiger partial charge in [0.15, 0.2) is 5.41 Å². The number of nitrogens with zero attached hydrogens (tertiary/aromatic N) is 3. The lowest BCUT2D eigenvalue weighted by Gasteiger charge is -2.33. The number of nitrogens with two attached hydrogens (primary N) is 3. The van der Waals surface area contributed by atoms with Crippen LogP contribution < -0.4 is 17.2 Å². The van der Waals surface area contributed by atoms with Gasteiger partial charge in [0.2, 0.25) is 11.8 Å². The Kier molecular flexibility index (Phi) is 7.84. The van der Waals surface area contributed by atoms with E-state index in [4.69, 9.17) is 17.2 Å². The zero-order valence-electron chi connectivity index (χ0n) is 19.8. The summed E-state index contributed by atoms with van der Waals surface area (Å²) >= 11 is 0. The van der Waals surface area contributed by atoms with Gasteiger partial charge in [0.05, 0.1) is 11.0 Å². The van der Waals surface area contributed by atoms with E-state index in [0.29, 0.717) is 44.3 Å². The van der Waals surface area contributed by atoms with Crippen molar-refractivity contribution in [2.75, 3.05) is 25.6 Å². The van der Waals surface area contributed by atoms with Crippen LogP contribution in [0.5, 0.6) is 0 Å². The maximum atomic E-state index is 13.7. The van der Waals surface area contributed by atoms with Crippen molar-refractivity contribution in [2.24, 2.45) is 5.73 Å². The first-order valence-electron chi connectivity index (χ1n) is 10.4. The highest BCUT2D eigenvalue weighted by Crippen LogP contribution is 2.38. The van der Waals surface area contributed by atoms with Crippen molar-refractivity contribution in [2.45, 2.75) is 19.3 Å². The quantitative estimate of drug-likeness (QED) is 0.356. The van der Waals surface area contributed by atoms with Gasteiger partial charge in [-0.25, -0.2) is 0 Å². The van der Waals surface area contributed by atoms with E-state index in [1.807, 2.05) is 13.8 Å². The maximum absolute atomic E-state index is 13.7. The van der Waals surface area contributed by atoms with Crippen molar-refractivity contribution < 1.29 is 9.59 Å². The van der Waals surface area contributed by atoms with E-state index in [1.54, 1.807) is 62.6 Å². The number of carbonyl (C=O) groups excluding carboxylic acids is 2. The Morgan fingerprint density at radius 2 is 1.17 bits per heavy atom. The second-order valence-corrected chi connectivity index (χ2v) is 8.48. The van der Waals surface area contributed by atoms with Crippen LogP contribution in [-0.4, -0.2) is 40.8 Å². The number of fused-ring (bicyclic) bond motifs is 2. The molecule has 2 amide bonds. The molecule has 0 bridgehead atoms. The molecule has 0 aliphatic heterocycles. The number of amides is 2. The van der Waals surface area contributed by atoms with Crippen molar-refractivity contribution >= 4 is 69.8 Å². The Labute approximate surface area is 215 Å². The minimum Gasteiger partial charge on any atom is -0.398 e. The number of anilines is 2. The lowest BCUT2D eigenvalue weighted by Crippen LogP contribution is -2.53. The van der Waals surface area contributed by atoms with E-state index in [-0.39, 0.29) is 24.8 Å². The van der Waals surface area contributed by atoms with Crippen LogP contribution in [0.4, 0.5) is 11.4 Å². The third kappa shape index (κ3) is 4.42. The first-order valence-corrected chi connectivity index (χ1v) is 10.4. The van der Waals surface area contributed by atoms with Crippen LogP contribution in [0.2, 0.25) is 0 Å². The molecule has 4 rings (SSSR count). The summed E-state index contributed by atoms with van der Waals surface area (Å²) in [5.41, 5.74) is 21.4. The number of nitrogen functional groups attached to an aromatic ring is 2. The lowest BCUT2D eigenvalue weighted by atomic mass is 9.72. The number of pyridine rings is 2. The molecule has 0 unspecified atom stereocenters. The molecule has 184 valence electrons. The van der Waals surface area contributed by atoms with Gasteiger partial charge in [0.1, 0.15) is 0 Å². The van der Waals surface area contributed by atoms with Crippen molar-refractivity contribution in [1.82, 2.24) is 14.9 Å². The Balaban J connectivity index is 0.00000216. The lowest BCUT2D eigenvalue weighted by molar-refractivity contribution is -0.139. The number of benzene rings is 2. The number of rotatable bonds is 4. The highest BCUT2D eigenvalue weighted by molar-refractivity contribution is 6.15. The fourth-order valence-corrected chi connectivity index (χ4v) is 4.39. The van der Waals surface area contributed by atoms with Gasteiger partial charge in [0.25, 0.3) is 0 Å². The van der Waals surface area contributed by atoms with Crippen LogP contribution in [-0.2, 0) is 15.0 Å². The first-order chi connectivity index (χ1) is 15.5. The molecule has 10 heteroatoms. The molecule has 2 aromatic heterocycles. The van der Waals surface area contributed by atoms with Gasteiger partial charge >= 0.3 is 0 Å². The smallest absolute Gasteiger partial charge is 0.246 e. The molecular weight excluding hydrogens is 487 g/mol. The molecule has 0 saturated carbocycles. The number of hydrogen-bond acceptors (Lipinski definition) is 6. The van der Waals surface area contributed by atoms with Crippen LogP contribution in [0.25, 0.3) is 21.8 Å². The minimum absolute atomic E-state index is 0. The Morgan fingerprint density at radius 3 is 1.51 bits per heavy atom.